The van der Waals surface area contributed by atoms with Gasteiger partial charge in [0.1, 0.15) is 0 Å². The Labute approximate surface area is 108 Å². The smallest absolute Gasteiger partial charge is 0.173 e. The van der Waals surface area contributed by atoms with Crippen LogP contribution < -0.4 is 0 Å². The number of rotatable bonds is 2. The molecule has 2 heteroatoms. The van der Waals surface area contributed by atoms with Gasteiger partial charge in [-0.05, 0) is 7.05 Å². The van der Waals surface area contributed by atoms with Gasteiger partial charge in [-0.25, -0.2) is 0 Å². The van der Waals surface area contributed by atoms with E-state index >= 15 is 0 Å². The lowest BCUT2D eigenvalue weighted by atomic mass is 9.93. The second kappa shape index (κ2) is 4.56. The molecule has 1 aliphatic heterocycles. The standard InChI is InChI=1S/C16H17NO/c1-17-12-13-18-16(17,14-8-4-2-5-9-14)15-10-6-3-7-11-15/h2-11H,12-13H2,1H3. The van der Waals surface area contributed by atoms with Gasteiger partial charge in [-0.3, -0.25) is 4.90 Å². The van der Waals surface area contributed by atoms with E-state index in [-0.39, 0.29) is 0 Å². The SMILES string of the molecule is CN1CCOC1(c1ccccc1)c1ccccc1. The molecule has 0 amide bonds. The third-order valence-electron chi connectivity index (χ3n) is 3.61. The first-order valence-corrected chi connectivity index (χ1v) is 6.30. The molecule has 0 bridgehead atoms. The van der Waals surface area contributed by atoms with Gasteiger partial charge in [0.05, 0.1) is 6.61 Å². The molecule has 18 heavy (non-hydrogen) atoms. The molecule has 0 saturated carbocycles. The Bertz CT molecular complexity index is 470. The summed E-state index contributed by atoms with van der Waals surface area (Å²) in [4.78, 5) is 2.28. The molecule has 0 unspecified atom stereocenters. The lowest BCUT2D eigenvalue weighted by Gasteiger charge is -2.35. The fourth-order valence-corrected chi connectivity index (χ4v) is 2.70. The molecule has 1 fully saturated rings. The van der Waals surface area contributed by atoms with Crippen LogP contribution in [0, 0.1) is 0 Å². The molecule has 1 saturated heterocycles. The van der Waals surface area contributed by atoms with Crippen LogP contribution in [-0.4, -0.2) is 25.1 Å². The average Bonchev–Trinajstić information content (AvgIpc) is 2.84. The van der Waals surface area contributed by atoms with E-state index in [0.717, 1.165) is 13.2 Å². The molecule has 0 spiro atoms. The zero-order chi connectivity index (χ0) is 12.4. The van der Waals surface area contributed by atoms with Crippen LogP contribution in [0.3, 0.4) is 0 Å². The molecule has 0 radical (unpaired) electrons. The number of benzene rings is 2. The van der Waals surface area contributed by atoms with Crippen LogP contribution in [0.1, 0.15) is 11.1 Å². The molecule has 2 nitrogen and oxygen atoms in total. The van der Waals surface area contributed by atoms with E-state index in [1.54, 1.807) is 0 Å². The van der Waals surface area contributed by atoms with Crippen LogP contribution in [0.4, 0.5) is 0 Å². The van der Waals surface area contributed by atoms with Gasteiger partial charge in [-0.2, -0.15) is 0 Å². The van der Waals surface area contributed by atoms with Crippen molar-refractivity contribution in [1.29, 1.82) is 0 Å². The summed E-state index contributed by atoms with van der Waals surface area (Å²) in [6, 6.07) is 20.9. The summed E-state index contributed by atoms with van der Waals surface area (Å²) in [7, 11) is 2.12. The number of hydrogen-bond acceptors (Lipinski definition) is 2. The third kappa shape index (κ3) is 1.65. The van der Waals surface area contributed by atoms with Crippen LogP contribution in [0.25, 0.3) is 0 Å². The highest BCUT2D eigenvalue weighted by Gasteiger charge is 2.43. The topological polar surface area (TPSA) is 12.5 Å². The van der Waals surface area contributed by atoms with E-state index in [1.165, 1.54) is 11.1 Å². The Morgan fingerprint density at radius 1 is 0.889 bits per heavy atom. The van der Waals surface area contributed by atoms with Crippen molar-refractivity contribution in [3.05, 3.63) is 71.8 Å². The molecule has 0 aliphatic carbocycles. The molecule has 3 rings (SSSR count). The second-order valence-corrected chi connectivity index (χ2v) is 4.65. The monoisotopic (exact) mass is 239 g/mol. The Morgan fingerprint density at radius 2 is 1.39 bits per heavy atom. The van der Waals surface area contributed by atoms with Gasteiger partial charge in [-0.1, -0.05) is 60.7 Å². The highest BCUT2D eigenvalue weighted by molar-refractivity contribution is 5.36. The van der Waals surface area contributed by atoms with Gasteiger partial charge in [0.2, 0.25) is 0 Å². The van der Waals surface area contributed by atoms with Gasteiger partial charge in [0.15, 0.2) is 5.72 Å². The predicted octanol–water partition coefficient (Wildman–Crippen LogP) is 2.85. The van der Waals surface area contributed by atoms with Crippen molar-refractivity contribution in [2.24, 2.45) is 0 Å². The third-order valence-corrected chi connectivity index (χ3v) is 3.61. The van der Waals surface area contributed by atoms with Crippen LogP contribution in [0.5, 0.6) is 0 Å². The van der Waals surface area contributed by atoms with Gasteiger partial charge in [0.25, 0.3) is 0 Å². The molecule has 2 aromatic carbocycles. The minimum Gasteiger partial charge on any atom is -0.350 e. The molecular formula is C16H17NO. The summed E-state index contributed by atoms with van der Waals surface area (Å²) < 4.78 is 6.15. The Kier molecular flexibility index (Phi) is 2.90. The van der Waals surface area contributed by atoms with E-state index in [9.17, 15) is 0 Å². The number of ether oxygens (including phenoxy) is 1. The van der Waals surface area contributed by atoms with Crippen molar-refractivity contribution >= 4 is 0 Å². The van der Waals surface area contributed by atoms with Crippen molar-refractivity contribution in [2.75, 3.05) is 20.2 Å². The first kappa shape index (κ1) is 11.5. The fourth-order valence-electron chi connectivity index (χ4n) is 2.70. The van der Waals surface area contributed by atoms with Gasteiger partial charge in [0, 0.05) is 17.7 Å². The summed E-state index contributed by atoms with van der Waals surface area (Å²) in [5.74, 6) is 0. The van der Waals surface area contributed by atoms with E-state index in [2.05, 4.69) is 60.5 Å². The van der Waals surface area contributed by atoms with Gasteiger partial charge >= 0.3 is 0 Å². The summed E-state index contributed by atoms with van der Waals surface area (Å²) in [6.07, 6.45) is 0. The molecule has 0 aromatic heterocycles. The van der Waals surface area contributed by atoms with Crippen LogP contribution in [0.2, 0.25) is 0 Å². The lowest BCUT2D eigenvalue weighted by Crippen LogP contribution is -2.40. The van der Waals surface area contributed by atoms with E-state index in [4.69, 9.17) is 4.74 Å². The molecular weight excluding hydrogens is 222 g/mol. The predicted molar refractivity (Wildman–Crippen MR) is 72.2 cm³/mol. The normalized spacial score (nSPS) is 18.9. The van der Waals surface area contributed by atoms with Gasteiger partial charge in [-0.15, -0.1) is 0 Å². The zero-order valence-corrected chi connectivity index (χ0v) is 10.5. The number of nitrogens with zero attached hydrogens (tertiary/aromatic N) is 1. The van der Waals surface area contributed by atoms with Crippen molar-refractivity contribution in [2.45, 2.75) is 5.72 Å². The van der Waals surface area contributed by atoms with E-state index in [0.29, 0.717) is 0 Å². The summed E-state index contributed by atoms with van der Waals surface area (Å²) in [5.41, 5.74) is 1.95. The lowest BCUT2D eigenvalue weighted by molar-refractivity contribution is -0.0410. The molecule has 1 heterocycles. The average molecular weight is 239 g/mol. The highest BCUT2D eigenvalue weighted by atomic mass is 16.5. The Balaban J connectivity index is 2.17. The zero-order valence-electron chi connectivity index (χ0n) is 10.5. The molecule has 0 atom stereocenters. The van der Waals surface area contributed by atoms with Crippen LogP contribution >= 0.6 is 0 Å². The maximum Gasteiger partial charge on any atom is 0.173 e. The van der Waals surface area contributed by atoms with E-state index < -0.39 is 5.72 Å². The van der Waals surface area contributed by atoms with Crippen molar-refractivity contribution < 1.29 is 4.74 Å². The largest absolute Gasteiger partial charge is 0.350 e. The summed E-state index contributed by atoms with van der Waals surface area (Å²) in [6.45, 7) is 1.71. The summed E-state index contributed by atoms with van der Waals surface area (Å²) in [5, 5.41) is 0. The minimum absolute atomic E-state index is 0.428. The maximum atomic E-state index is 6.15. The van der Waals surface area contributed by atoms with Gasteiger partial charge < -0.3 is 4.74 Å². The van der Waals surface area contributed by atoms with E-state index in [1.807, 2.05) is 12.1 Å². The molecule has 0 N–H and O–H groups in total. The number of likely N-dealkylation sites (N-methyl/N-ethyl adjacent to an activating group) is 1. The fraction of sp³-hybridized carbons (Fsp3) is 0.250. The molecule has 1 aliphatic rings. The van der Waals surface area contributed by atoms with Crippen LogP contribution in [0.15, 0.2) is 60.7 Å². The Hall–Kier alpha value is -1.64. The van der Waals surface area contributed by atoms with Crippen molar-refractivity contribution in [3.8, 4) is 0 Å². The molecule has 2 aromatic rings. The highest BCUT2D eigenvalue weighted by Crippen LogP contribution is 2.39. The Morgan fingerprint density at radius 3 is 1.78 bits per heavy atom. The first-order chi connectivity index (χ1) is 8.84. The quantitative estimate of drug-likeness (QED) is 0.799. The molecule has 92 valence electrons. The first-order valence-electron chi connectivity index (χ1n) is 6.30. The number of hydrogen-bond donors (Lipinski definition) is 0. The minimum atomic E-state index is -0.428. The second-order valence-electron chi connectivity index (χ2n) is 4.65. The van der Waals surface area contributed by atoms with Crippen molar-refractivity contribution in [3.63, 3.8) is 0 Å². The van der Waals surface area contributed by atoms with Crippen molar-refractivity contribution in [1.82, 2.24) is 4.90 Å². The summed E-state index contributed by atoms with van der Waals surface area (Å²) >= 11 is 0. The van der Waals surface area contributed by atoms with Crippen LogP contribution in [-0.2, 0) is 10.5 Å². The maximum absolute atomic E-state index is 6.15.